The molecule has 2 aromatic rings. The molecule has 17 heavy (non-hydrogen) atoms. The molecule has 0 aromatic heterocycles. The van der Waals surface area contributed by atoms with Gasteiger partial charge in [-0.2, -0.15) is 0 Å². The van der Waals surface area contributed by atoms with Crippen molar-refractivity contribution in [2.75, 3.05) is 6.61 Å². The maximum absolute atomic E-state index is 10.0. The first kappa shape index (κ1) is 12.4. The van der Waals surface area contributed by atoms with Gasteiger partial charge in [-0.3, -0.25) is 0 Å². The van der Waals surface area contributed by atoms with Crippen LogP contribution in [0.1, 0.15) is 19.4 Å². The highest BCUT2D eigenvalue weighted by Crippen LogP contribution is 2.34. The number of fused-ring (bicyclic) bond motifs is 1. The third-order valence-electron chi connectivity index (χ3n) is 3.04. The van der Waals surface area contributed by atoms with Crippen molar-refractivity contribution in [2.24, 2.45) is 0 Å². The number of hydrogen-bond donors (Lipinski definition) is 2. The molecular weight excluding hydrogens is 280 g/mol. The van der Waals surface area contributed by atoms with Crippen molar-refractivity contribution in [1.29, 1.82) is 0 Å². The minimum absolute atomic E-state index is 0.0000693. The van der Waals surface area contributed by atoms with E-state index in [1.54, 1.807) is 6.07 Å². The fourth-order valence-corrected chi connectivity index (χ4v) is 2.26. The van der Waals surface area contributed by atoms with Gasteiger partial charge < -0.3 is 10.2 Å². The van der Waals surface area contributed by atoms with Crippen LogP contribution in [-0.2, 0) is 5.41 Å². The van der Waals surface area contributed by atoms with E-state index in [4.69, 9.17) is 0 Å². The van der Waals surface area contributed by atoms with Gasteiger partial charge >= 0.3 is 0 Å². The molecule has 0 amide bonds. The summed E-state index contributed by atoms with van der Waals surface area (Å²) in [5.41, 5.74) is 0.325. The van der Waals surface area contributed by atoms with E-state index in [0.717, 1.165) is 20.8 Å². The zero-order valence-corrected chi connectivity index (χ0v) is 11.5. The van der Waals surface area contributed by atoms with Crippen molar-refractivity contribution < 1.29 is 10.2 Å². The van der Waals surface area contributed by atoms with E-state index in [2.05, 4.69) is 15.9 Å². The molecule has 0 saturated carbocycles. The highest BCUT2D eigenvalue weighted by Gasteiger charge is 2.23. The average molecular weight is 295 g/mol. The first-order chi connectivity index (χ1) is 7.94. The van der Waals surface area contributed by atoms with Crippen molar-refractivity contribution in [3.63, 3.8) is 0 Å². The highest BCUT2D eigenvalue weighted by molar-refractivity contribution is 9.10. The van der Waals surface area contributed by atoms with Gasteiger partial charge in [-0.1, -0.05) is 35.8 Å². The predicted molar refractivity (Wildman–Crippen MR) is 73.4 cm³/mol. The second kappa shape index (κ2) is 4.31. The molecule has 0 aliphatic rings. The Morgan fingerprint density at radius 2 is 1.82 bits per heavy atom. The van der Waals surface area contributed by atoms with Crippen LogP contribution in [0.4, 0.5) is 0 Å². The van der Waals surface area contributed by atoms with Crippen molar-refractivity contribution >= 4 is 26.7 Å². The van der Waals surface area contributed by atoms with Gasteiger partial charge in [-0.25, -0.2) is 0 Å². The Bertz CT molecular complexity index is 561. The van der Waals surface area contributed by atoms with Gasteiger partial charge in [0.25, 0.3) is 0 Å². The van der Waals surface area contributed by atoms with Crippen LogP contribution < -0.4 is 0 Å². The number of benzene rings is 2. The zero-order valence-electron chi connectivity index (χ0n) is 9.87. The number of aliphatic hydroxyl groups excluding tert-OH is 1. The molecule has 0 aliphatic heterocycles. The summed E-state index contributed by atoms with van der Waals surface area (Å²) in [4.78, 5) is 0. The Balaban J connectivity index is 2.69. The smallest absolute Gasteiger partial charge is 0.120 e. The lowest BCUT2D eigenvalue weighted by Crippen LogP contribution is -2.22. The Kier molecular flexibility index (Phi) is 3.15. The van der Waals surface area contributed by atoms with Crippen LogP contribution in [0.2, 0.25) is 0 Å². The largest absolute Gasteiger partial charge is 0.508 e. The molecule has 0 saturated heterocycles. The summed E-state index contributed by atoms with van der Waals surface area (Å²) in [5, 5.41) is 21.4. The normalized spacial score (nSPS) is 12.0. The molecule has 0 spiro atoms. The molecule has 0 unspecified atom stereocenters. The molecule has 2 N–H and O–H groups in total. The number of rotatable bonds is 2. The van der Waals surface area contributed by atoms with Crippen LogP contribution in [0, 0.1) is 0 Å². The first-order valence-corrected chi connectivity index (χ1v) is 6.27. The number of aromatic hydroxyl groups is 1. The maximum atomic E-state index is 10.0. The molecule has 90 valence electrons. The highest BCUT2D eigenvalue weighted by atomic mass is 79.9. The van der Waals surface area contributed by atoms with E-state index in [0.29, 0.717) is 0 Å². The molecule has 0 heterocycles. The lowest BCUT2D eigenvalue weighted by Gasteiger charge is -2.23. The van der Waals surface area contributed by atoms with E-state index >= 15 is 0 Å². The zero-order chi connectivity index (χ0) is 12.6. The van der Waals surface area contributed by atoms with Gasteiger partial charge in [0.05, 0.1) is 6.61 Å². The number of hydrogen-bond acceptors (Lipinski definition) is 2. The minimum Gasteiger partial charge on any atom is -0.508 e. The van der Waals surface area contributed by atoms with Gasteiger partial charge in [0.1, 0.15) is 5.75 Å². The maximum Gasteiger partial charge on any atom is 0.120 e. The quantitative estimate of drug-likeness (QED) is 0.889. The van der Waals surface area contributed by atoms with Gasteiger partial charge in [0.2, 0.25) is 0 Å². The van der Waals surface area contributed by atoms with Crippen molar-refractivity contribution in [1.82, 2.24) is 0 Å². The Hall–Kier alpha value is -1.06. The minimum atomic E-state index is -0.444. The van der Waals surface area contributed by atoms with Crippen LogP contribution in [0.15, 0.2) is 34.8 Å². The fraction of sp³-hybridized carbons (Fsp3) is 0.286. The molecule has 2 nitrogen and oxygen atoms in total. The summed E-state index contributed by atoms with van der Waals surface area (Å²) in [6, 6.07) is 9.58. The van der Waals surface area contributed by atoms with Gasteiger partial charge in [-0.05, 0) is 35.0 Å². The van der Waals surface area contributed by atoms with E-state index in [9.17, 15) is 10.2 Å². The standard InChI is InChI=1S/C14H15BrO2/c1-14(2,8-16)12-6-10-5-11(15)4-3-9(10)7-13(12)17/h3-7,16-17H,8H2,1-2H3. The van der Waals surface area contributed by atoms with Gasteiger partial charge in [0.15, 0.2) is 0 Å². The van der Waals surface area contributed by atoms with Crippen LogP contribution in [0.3, 0.4) is 0 Å². The number of aliphatic hydroxyl groups is 1. The monoisotopic (exact) mass is 294 g/mol. The van der Waals surface area contributed by atoms with Crippen LogP contribution in [0.25, 0.3) is 10.8 Å². The Morgan fingerprint density at radius 3 is 2.47 bits per heavy atom. The Labute approximate surface area is 109 Å². The summed E-state index contributed by atoms with van der Waals surface area (Å²) < 4.78 is 1.00. The molecular formula is C14H15BrO2. The first-order valence-electron chi connectivity index (χ1n) is 5.48. The summed E-state index contributed by atoms with van der Waals surface area (Å²) in [6.07, 6.45) is 0. The van der Waals surface area contributed by atoms with Crippen LogP contribution in [0.5, 0.6) is 5.75 Å². The third-order valence-corrected chi connectivity index (χ3v) is 3.53. The third kappa shape index (κ3) is 2.31. The molecule has 2 rings (SSSR count). The summed E-state index contributed by atoms with van der Waals surface area (Å²) in [6.45, 7) is 3.82. The lowest BCUT2D eigenvalue weighted by molar-refractivity contribution is 0.215. The average Bonchev–Trinajstić information content (AvgIpc) is 2.28. The van der Waals surface area contributed by atoms with E-state index in [1.807, 2.05) is 38.1 Å². The van der Waals surface area contributed by atoms with Crippen molar-refractivity contribution in [3.8, 4) is 5.75 Å². The van der Waals surface area contributed by atoms with Crippen molar-refractivity contribution in [3.05, 3.63) is 40.4 Å². The summed E-state index contributed by atoms with van der Waals surface area (Å²) in [7, 11) is 0. The van der Waals surface area contributed by atoms with Crippen LogP contribution in [-0.4, -0.2) is 16.8 Å². The van der Waals surface area contributed by atoms with Crippen LogP contribution >= 0.6 is 15.9 Å². The summed E-state index contributed by atoms with van der Waals surface area (Å²) in [5.74, 6) is 0.235. The second-order valence-electron chi connectivity index (χ2n) is 4.90. The number of phenols is 1. The summed E-state index contributed by atoms with van der Waals surface area (Å²) >= 11 is 3.43. The molecule has 2 aromatic carbocycles. The Morgan fingerprint density at radius 1 is 1.12 bits per heavy atom. The predicted octanol–water partition coefficient (Wildman–Crippen LogP) is 3.58. The molecule has 0 atom stereocenters. The van der Waals surface area contributed by atoms with Gasteiger partial charge in [0, 0.05) is 15.5 Å². The SMILES string of the molecule is CC(C)(CO)c1cc2cc(Br)ccc2cc1O. The molecule has 0 fully saturated rings. The number of phenolic OH excluding ortho intramolecular Hbond substituents is 1. The fourth-order valence-electron chi connectivity index (χ4n) is 1.88. The second-order valence-corrected chi connectivity index (χ2v) is 5.82. The number of halogens is 1. The molecule has 0 radical (unpaired) electrons. The van der Waals surface area contributed by atoms with Gasteiger partial charge in [-0.15, -0.1) is 0 Å². The van der Waals surface area contributed by atoms with E-state index < -0.39 is 5.41 Å². The lowest BCUT2D eigenvalue weighted by atomic mass is 9.84. The molecule has 0 aliphatic carbocycles. The topological polar surface area (TPSA) is 40.5 Å². The van der Waals surface area contributed by atoms with Crippen molar-refractivity contribution in [2.45, 2.75) is 19.3 Å². The van der Waals surface area contributed by atoms with E-state index in [-0.39, 0.29) is 12.4 Å². The van der Waals surface area contributed by atoms with E-state index in [1.165, 1.54) is 0 Å². The molecule has 3 heteroatoms. The molecule has 0 bridgehead atoms.